The highest BCUT2D eigenvalue weighted by atomic mass is 32.1. The molecule has 1 fully saturated rings. The van der Waals surface area contributed by atoms with E-state index in [0.29, 0.717) is 6.04 Å². The molecule has 0 bridgehead atoms. The second-order valence-electron chi connectivity index (χ2n) is 2.59. The number of methoxy groups -OCH3 is 1. The van der Waals surface area contributed by atoms with Gasteiger partial charge in [-0.05, 0) is 12.8 Å². The van der Waals surface area contributed by atoms with Crippen LogP contribution in [0.5, 0.6) is 0 Å². The molecule has 1 rings (SSSR count). The zero-order chi connectivity index (χ0) is 9.40. The molecule has 1 heterocycles. The van der Waals surface area contributed by atoms with E-state index in [2.05, 4.69) is 4.90 Å². The fourth-order valence-electron chi connectivity index (χ4n) is 1.37. The van der Waals surface area contributed by atoms with Crippen molar-refractivity contribution in [2.75, 3.05) is 20.3 Å². The molecule has 0 aromatic rings. The molecule has 1 aliphatic rings. The molecule has 0 radical (unpaired) electrons. The van der Waals surface area contributed by atoms with Gasteiger partial charge in [-0.25, -0.2) is 0 Å². The summed E-state index contributed by atoms with van der Waals surface area (Å²) in [6.45, 7) is 5.92. The summed E-state index contributed by atoms with van der Waals surface area (Å²) in [6, 6.07) is 0.544. The van der Waals surface area contributed by atoms with Crippen LogP contribution >= 0.6 is 12.2 Å². The molecule has 0 amide bonds. The van der Waals surface area contributed by atoms with Crippen LogP contribution < -0.4 is 0 Å². The largest absolute Gasteiger partial charge is 0.383 e. The van der Waals surface area contributed by atoms with Gasteiger partial charge in [0, 0.05) is 13.7 Å². The maximum absolute atomic E-state index is 5.05. The van der Waals surface area contributed by atoms with E-state index in [-0.39, 0.29) is 0 Å². The van der Waals surface area contributed by atoms with E-state index in [1.165, 1.54) is 12.8 Å². The van der Waals surface area contributed by atoms with E-state index in [1.807, 2.05) is 13.8 Å². The van der Waals surface area contributed by atoms with Gasteiger partial charge in [-0.1, -0.05) is 26.1 Å². The molecule has 0 aromatic carbocycles. The predicted molar refractivity (Wildman–Crippen MR) is 56.6 cm³/mol. The summed E-state index contributed by atoms with van der Waals surface area (Å²) in [5, 5.41) is 0. The second kappa shape index (κ2) is 7.50. The zero-order valence-electron chi connectivity index (χ0n) is 8.25. The molecule has 2 nitrogen and oxygen atoms in total. The van der Waals surface area contributed by atoms with Gasteiger partial charge in [-0.15, -0.1) is 0 Å². The van der Waals surface area contributed by atoms with Gasteiger partial charge in [0.05, 0.1) is 18.1 Å². The van der Waals surface area contributed by atoms with Crippen LogP contribution in [0.4, 0.5) is 0 Å². The summed E-state index contributed by atoms with van der Waals surface area (Å²) >= 11 is 4.85. The van der Waals surface area contributed by atoms with Crippen molar-refractivity contribution >= 4 is 17.7 Å². The number of nitrogens with zero attached hydrogens (tertiary/aromatic N) is 1. The third-order valence-electron chi connectivity index (χ3n) is 1.92. The average molecular weight is 189 g/mol. The third kappa shape index (κ3) is 3.50. The maximum Gasteiger partial charge on any atom is 0.0666 e. The monoisotopic (exact) mass is 189 g/mol. The quantitative estimate of drug-likeness (QED) is 0.631. The van der Waals surface area contributed by atoms with E-state index in [0.717, 1.165) is 13.2 Å². The lowest BCUT2D eigenvalue weighted by atomic mass is 10.2. The van der Waals surface area contributed by atoms with Crippen LogP contribution in [-0.2, 0) is 4.74 Å². The minimum Gasteiger partial charge on any atom is -0.383 e. The molecule has 0 aliphatic carbocycles. The van der Waals surface area contributed by atoms with E-state index >= 15 is 0 Å². The number of hydrogen-bond donors (Lipinski definition) is 0. The van der Waals surface area contributed by atoms with Crippen LogP contribution in [-0.4, -0.2) is 36.7 Å². The highest BCUT2D eigenvalue weighted by Gasteiger charge is 2.20. The van der Waals surface area contributed by atoms with Crippen molar-refractivity contribution in [1.82, 2.24) is 4.90 Å². The first kappa shape index (κ1) is 11.8. The van der Waals surface area contributed by atoms with Crippen molar-refractivity contribution in [3.05, 3.63) is 0 Å². The summed E-state index contributed by atoms with van der Waals surface area (Å²) in [6.07, 6.45) is 2.47. The number of rotatable bonds is 3. The first-order chi connectivity index (χ1) is 5.88. The lowest BCUT2D eigenvalue weighted by Crippen LogP contribution is -2.30. The van der Waals surface area contributed by atoms with E-state index in [9.17, 15) is 0 Å². The Balaban J connectivity index is 0.000000561. The van der Waals surface area contributed by atoms with Crippen LogP contribution in [0.3, 0.4) is 0 Å². The maximum atomic E-state index is 5.05. The molecule has 0 saturated carbocycles. The van der Waals surface area contributed by atoms with Gasteiger partial charge in [0.15, 0.2) is 0 Å². The van der Waals surface area contributed by atoms with Crippen LogP contribution in [0.1, 0.15) is 26.7 Å². The average Bonchev–Trinajstić information content (AvgIpc) is 2.56. The minimum absolute atomic E-state index is 0.544. The zero-order valence-corrected chi connectivity index (χ0v) is 9.06. The van der Waals surface area contributed by atoms with Crippen molar-refractivity contribution in [3.8, 4) is 0 Å². The molecule has 1 atom stereocenters. The summed E-state index contributed by atoms with van der Waals surface area (Å²) < 4.78 is 5.05. The van der Waals surface area contributed by atoms with Crippen LogP contribution in [0.2, 0.25) is 0 Å². The Labute approximate surface area is 80.9 Å². The summed E-state index contributed by atoms with van der Waals surface area (Å²) in [5.41, 5.74) is 1.75. The fraction of sp³-hybridized carbons (Fsp3) is 0.889. The molecule has 1 aliphatic heterocycles. The highest BCUT2D eigenvalue weighted by molar-refractivity contribution is 7.78. The Bertz CT molecular complexity index is 119. The lowest BCUT2D eigenvalue weighted by molar-refractivity contribution is 0.148. The van der Waals surface area contributed by atoms with Gasteiger partial charge in [0.25, 0.3) is 0 Å². The highest BCUT2D eigenvalue weighted by Crippen LogP contribution is 2.14. The SMILES string of the molecule is CC.COCC1CCCN1C=S. The summed E-state index contributed by atoms with van der Waals surface area (Å²) in [7, 11) is 1.74. The van der Waals surface area contributed by atoms with Crippen molar-refractivity contribution < 1.29 is 4.74 Å². The van der Waals surface area contributed by atoms with Crippen molar-refractivity contribution in [2.24, 2.45) is 0 Å². The van der Waals surface area contributed by atoms with Gasteiger partial charge in [0.2, 0.25) is 0 Å². The summed E-state index contributed by atoms with van der Waals surface area (Å²) in [5.74, 6) is 0. The van der Waals surface area contributed by atoms with Crippen LogP contribution in [0, 0.1) is 0 Å². The molecular weight excluding hydrogens is 170 g/mol. The molecule has 3 heteroatoms. The summed E-state index contributed by atoms with van der Waals surface area (Å²) in [4.78, 5) is 2.18. The molecule has 0 aromatic heterocycles. The molecular formula is C9H19NOS. The third-order valence-corrected chi connectivity index (χ3v) is 2.19. The normalized spacial score (nSPS) is 21.6. The molecule has 1 saturated heterocycles. The van der Waals surface area contributed by atoms with Gasteiger partial charge >= 0.3 is 0 Å². The number of hydrogen-bond acceptors (Lipinski definition) is 2. The van der Waals surface area contributed by atoms with Gasteiger partial charge in [-0.3, -0.25) is 0 Å². The van der Waals surface area contributed by atoms with Gasteiger partial charge in [0.1, 0.15) is 0 Å². The Hall–Kier alpha value is -0.150. The minimum atomic E-state index is 0.544. The van der Waals surface area contributed by atoms with E-state index in [1.54, 1.807) is 12.6 Å². The molecule has 72 valence electrons. The Kier molecular flexibility index (Phi) is 7.40. The second-order valence-corrected chi connectivity index (χ2v) is 2.81. The molecule has 12 heavy (non-hydrogen) atoms. The van der Waals surface area contributed by atoms with Crippen LogP contribution in [0.15, 0.2) is 0 Å². The number of thiocarbonyl (C=S) groups is 1. The standard InChI is InChI=1S/C7H13NOS.C2H6/c1-9-5-7-3-2-4-8(7)6-10;1-2/h6-7H,2-5H2,1H3;1-2H3. The predicted octanol–water partition coefficient (Wildman–Crippen LogP) is 2.08. The molecule has 0 N–H and O–H groups in total. The number of likely N-dealkylation sites (tertiary alicyclic amines) is 1. The molecule has 0 spiro atoms. The Morgan fingerprint density at radius 2 is 2.25 bits per heavy atom. The first-order valence-corrected chi connectivity index (χ1v) is 5.05. The van der Waals surface area contributed by atoms with E-state index in [4.69, 9.17) is 17.0 Å². The van der Waals surface area contributed by atoms with Gasteiger partial charge in [-0.2, -0.15) is 0 Å². The topological polar surface area (TPSA) is 12.5 Å². The fourth-order valence-corrected chi connectivity index (χ4v) is 1.65. The Morgan fingerprint density at radius 1 is 1.58 bits per heavy atom. The van der Waals surface area contributed by atoms with Crippen molar-refractivity contribution in [3.63, 3.8) is 0 Å². The van der Waals surface area contributed by atoms with Crippen LogP contribution in [0.25, 0.3) is 0 Å². The van der Waals surface area contributed by atoms with Gasteiger partial charge < -0.3 is 9.64 Å². The smallest absolute Gasteiger partial charge is 0.0666 e. The van der Waals surface area contributed by atoms with Crippen molar-refractivity contribution in [2.45, 2.75) is 32.7 Å². The van der Waals surface area contributed by atoms with E-state index < -0.39 is 0 Å². The van der Waals surface area contributed by atoms with Crippen molar-refractivity contribution in [1.29, 1.82) is 0 Å². The molecule has 1 unspecified atom stereocenters. The first-order valence-electron chi connectivity index (χ1n) is 4.58. The lowest BCUT2D eigenvalue weighted by Gasteiger charge is -2.19. The number of ether oxygens (including phenoxy) is 1. The Morgan fingerprint density at radius 3 is 2.75 bits per heavy atom.